The molecule has 0 saturated heterocycles. The number of hydrogen-bond acceptors (Lipinski definition) is 5. The summed E-state index contributed by atoms with van der Waals surface area (Å²) in [6.45, 7) is -0.797. The largest absolute Gasteiger partial charge is 0.497 e. The number of fused-ring (bicyclic) bond motifs is 1. The highest BCUT2D eigenvalue weighted by Crippen LogP contribution is 2.22. The summed E-state index contributed by atoms with van der Waals surface area (Å²) in [7, 11) is 1.50. The third kappa shape index (κ3) is 5.32. The molecule has 0 aliphatic rings. The van der Waals surface area contributed by atoms with E-state index >= 15 is 0 Å². The molecule has 148 valence electrons. The first-order valence-corrected chi connectivity index (χ1v) is 8.92. The summed E-state index contributed by atoms with van der Waals surface area (Å²) < 4.78 is 9.98. The zero-order chi connectivity index (χ0) is 20.6. The maximum atomic E-state index is 12.1. The Bertz CT molecular complexity index is 1040. The Hall–Kier alpha value is -3.87. The maximum Gasteiger partial charge on any atom is 0.325 e. The van der Waals surface area contributed by atoms with Crippen molar-refractivity contribution >= 4 is 34.2 Å². The quantitative estimate of drug-likeness (QED) is 0.603. The summed E-state index contributed by atoms with van der Waals surface area (Å²) in [6, 6.07) is 19.7. The van der Waals surface area contributed by atoms with Crippen LogP contribution in [0.25, 0.3) is 10.8 Å². The molecule has 0 aliphatic carbocycles. The molecular weight excluding hydrogens is 372 g/mol. The fourth-order valence-corrected chi connectivity index (χ4v) is 2.74. The third-order valence-corrected chi connectivity index (χ3v) is 4.15. The Morgan fingerprint density at radius 3 is 2.52 bits per heavy atom. The molecule has 0 atom stereocenters. The van der Waals surface area contributed by atoms with Gasteiger partial charge in [0.25, 0.3) is 11.8 Å². The minimum atomic E-state index is -0.714. The number of anilines is 1. The number of benzene rings is 3. The predicted molar refractivity (Wildman–Crippen MR) is 109 cm³/mol. The van der Waals surface area contributed by atoms with Crippen molar-refractivity contribution in [3.05, 3.63) is 72.3 Å². The molecular formula is C22H20N2O5. The van der Waals surface area contributed by atoms with Gasteiger partial charge in [-0.25, -0.2) is 0 Å². The first-order chi connectivity index (χ1) is 14.1. The minimum absolute atomic E-state index is 0.350. The molecule has 3 aromatic rings. The van der Waals surface area contributed by atoms with E-state index in [-0.39, 0.29) is 6.54 Å². The Morgan fingerprint density at radius 2 is 1.69 bits per heavy atom. The minimum Gasteiger partial charge on any atom is -0.497 e. The van der Waals surface area contributed by atoms with Gasteiger partial charge in [-0.05, 0) is 29.7 Å². The van der Waals surface area contributed by atoms with Crippen LogP contribution in [0.2, 0.25) is 0 Å². The molecule has 0 fully saturated rings. The van der Waals surface area contributed by atoms with Crippen LogP contribution < -0.4 is 15.4 Å². The Labute approximate surface area is 167 Å². The summed E-state index contributed by atoms with van der Waals surface area (Å²) >= 11 is 0. The molecule has 0 aromatic heterocycles. The number of carbonyl (C=O) groups is 3. The summed E-state index contributed by atoms with van der Waals surface area (Å²) in [4.78, 5) is 36.0. The van der Waals surface area contributed by atoms with Gasteiger partial charge in [-0.2, -0.15) is 0 Å². The summed E-state index contributed by atoms with van der Waals surface area (Å²) in [5, 5.41) is 7.05. The first-order valence-electron chi connectivity index (χ1n) is 8.92. The van der Waals surface area contributed by atoms with E-state index in [1.807, 2.05) is 36.4 Å². The number of carbonyl (C=O) groups excluding carboxylic acids is 3. The summed E-state index contributed by atoms with van der Waals surface area (Å²) in [5.41, 5.74) is 0.987. The van der Waals surface area contributed by atoms with Crippen LogP contribution in [0.5, 0.6) is 5.75 Å². The number of hydrogen-bond donors (Lipinski definition) is 2. The van der Waals surface area contributed by atoms with Gasteiger partial charge < -0.3 is 20.1 Å². The Balaban J connectivity index is 1.47. The number of ether oxygens (including phenoxy) is 2. The van der Waals surface area contributed by atoms with Crippen molar-refractivity contribution in [3.63, 3.8) is 0 Å². The van der Waals surface area contributed by atoms with Crippen molar-refractivity contribution < 1.29 is 23.9 Å². The molecule has 0 heterocycles. The van der Waals surface area contributed by atoms with Crippen LogP contribution in [0.15, 0.2) is 66.7 Å². The van der Waals surface area contributed by atoms with Crippen molar-refractivity contribution in [1.29, 1.82) is 0 Å². The van der Waals surface area contributed by atoms with E-state index in [1.165, 1.54) is 7.11 Å². The molecule has 2 N–H and O–H groups in total. The van der Waals surface area contributed by atoms with E-state index in [2.05, 4.69) is 10.6 Å². The lowest BCUT2D eigenvalue weighted by Gasteiger charge is -2.10. The predicted octanol–water partition coefficient (Wildman–Crippen LogP) is 2.76. The van der Waals surface area contributed by atoms with E-state index in [4.69, 9.17) is 9.47 Å². The van der Waals surface area contributed by atoms with Crippen LogP contribution in [0.3, 0.4) is 0 Å². The van der Waals surface area contributed by atoms with Gasteiger partial charge in [0.2, 0.25) is 0 Å². The van der Waals surface area contributed by atoms with Crippen LogP contribution in [-0.4, -0.2) is 38.0 Å². The Kier molecular flexibility index (Phi) is 6.42. The van der Waals surface area contributed by atoms with Gasteiger partial charge in [-0.1, -0.05) is 42.5 Å². The fraction of sp³-hybridized carbons (Fsp3) is 0.136. The highest BCUT2D eigenvalue weighted by molar-refractivity contribution is 6.03. The number of rotatable bonds is 7. The van der Waals surface area contributed by atoms with Crippen LogP contribution in [0.1, 0.15) is 10.4 Å². The van der Waals surface area contributed by atoms with E-state index < -0.39 is 24.4 Å². The zero-order valence-corrected chi connectivity index (χ0v) is 15.8. The second-order valence-corrected chi connectivity index (χ2v) is 6.15. The SMILES string of the molecule is COc1cccc(C(=O)NCC(=O)OCC(=O)Nc2cccc3ccccc23)c1. The molecule has 29 heavy (non-hydrogen) atoms. The smallest absolute Gasteiger partial charge is 0.325 e. The monoisotopic (exact) mass is 392 g/mol. The van der Waals surface area contributed by atoms with E-state index in [0.717, 1.165) is 10.8 Å². The van der Waals surface area contributed by atoms with Crippen LogP contribution in [0, 0.1) is 0 Å². The lowest BCUT2D eigenvalue weighted by molar-refractivity contribution is -0.146. The van der Waals surface area contributed by atoms with Crippen LogP contribution >= 0.6 is 0 Å². The number of nitrogens with one attached hydrogen (secondary N) is 2. The molecule has 0 spiro atoms. The van der Waals surface area contributed by atoms with Crippen molar-refractivity contribution in [2.24, 2.45) is 0 Å². The standard InChI is InChI=1S/C22H20N2O5/c1-28-17-9-4-8-16(12-17)22(27)23-13-21(26)29-14-20(25)24-19-11-5-7-15-6-2-3-10-18(15)19/h2-12H,13-14H2,1H3,(H,23,27)(H,24,25). The van der Waals surface area contributed by atoms with E-state index in [9.17, 15) is 14.4 Å². The first kappa shape index (κ1) is 19.9. The average molecular weight is 392 g/mol. The molecule has 7 nitrogen and oxygen atoms in total. The number of amides is 2. The maximum absolute atomic E-state index is 12.1. The summed E-state index contributed by atoms with van der Waals surface area (Å²) in [5.74, 6) is -1.09. The van der Waals surface area contributed by atoms with Crippen molar-refractivity contribution in [1.82, 2.24) is 5.32 Å². The fourth-order valence-electron chi connectivity index (χ4n) is 2.74. The van der Waals surface area contributed by atoms with Gasteiger partial charge in [-0.15, -0.1) is 0 Å². The van der Waals surface area contributed by atoms with Gasteiger partial charge in [0.05, 0.1) is 7.11 Å². The van der Waals surface area contributed by atoms with Gasteiger partial charge in [0.1, 0.15) is 12.3 Å². The highest BCUT2D eigenvalue weighted by atomic mass is 16.5. The van der Waals surface area contributed by atoms with Gasteiger partial charge in [-0.3, -0.25) is 14.4 Å². The number of methoxy groups -OCH3 is 1. The second-order valence-electron chi connectivity index (χ2n) is 6.15. The second kappa shape index (κ2) is 9.36. The Morgan fingerprint density at radius 1 is 0.931 bits per heavy atom. The average Bonchev–Trinajstić information content (AvgIpc) is 2.76. The van der Waals surface area contributed by atoms with E-state index in [1.54, 1.807) is 30.3 Å². The molecule has 0 unspecified atom stereocenters. The normalized spacial score (nSPS) is 10.2. The lowest BCUT2D eigenvalue weighted by Crippen LogP contribution is -2.32. The topological polar surface area (TPSA) is 93.7 Å². The third-order valence-electron chi connectivity index (χ3n) is 4.15. The van der Waals surface area contributed by atoms with Crippen molar-refractivity contribution in [3.8, 4) is 5.75 Å². The van der Waals surface area contributed by atoms with Gasteiger partial charge in [0.15, 0.2) is 6.61 Å². The molecule has 0 saturated carbocycles. The van der Waals surface area contributed by atoms with Crippen molar-refractivity contribution in [2.45, 2.75) is 0 Å². The molecule has 7 heteroatoms. The number of esters is 1. The highest BCUT2D eigenvalue weighted by Gasteiger charge is 2.12. The molecule has 0 aliphatic heterocycles. The molecule has 0 radical (unpaired) electrons. The molecule has 2 amide bonds. The molecule has 3 rings (SSSR count). The summed E-state index contributed by atoms with van der Waals surface area (Å²) in [6.07, 6.45) is 0. The lowest BCUT2D eigenvalue weighted by atomic mass is 10.1. The zero-order valence-electron chi connectivity index (χ0n) is 15.8. The van der Waals surface area contributed by atoms with Gasteiger partial charge in [0, 0.05) is 16.6 Å². The molecule has 3 aromatic carbocycles. The molecule has 0 bridgehead atoms. The van der Waals surface area contributed by atoms with Crippen molar-refractivity contribution in [2.75, 3.05) is 25.6 Å². The van der Waals surface area contributed by atoms with Crippen LogP contribution in [-0.2, 0) is 14.3 Å². The van der Waals surface area contributed by atoms with Gasteiger partial charge >= 0.3 is 5.97 Å². The van der Waals surface area contributed by atoms with Crippen LogP contribution in [0.4, 0.5) is 5.69 Å². The van der Waals surface area contributed by atoms with E-state index in [0.29, 0.717) is 17.0 Å².